The van der Waals surface area contributed by atoms with Crippen molar-refractivity contribution in [2.24, 2.45) is 0 Å². The minimum absolute atomic E-state index is 0.0380. The standard InChI is InChI=1S/C21H19ClN2O3S/c1-15(16-8-4-2-5-9-16)23-21(25)17-12-13-19(22)20(14-17)28(26,27)24-18-10-6-3-7-11-18/h2-15,24H,1H3,(H,23,25)/t15-/m0/s1. The second-order valence-electron chi connectivity index (χ2n) is 6.22. The number of sulfonamides is 1. The number of nitrogens with one attached hydrogen (secondary N) is 2. The summed E-state index contributed by atoms with van der Waals surface area (Å²) in [6.45, 7) is 1.86. The van der Waals surface area contributed by atoms with E-state index in [0.29, 0.717) is 5.69 Å². The fourth-order valence-electron chi connectivity index (χ4n) is 2.67. The second kappa shape index (κ2) is 8.46. The van der Waals surface area contributed by atoms with Crippen molar-refractivity contribution < 1.29 is 13.2 Å². The Labute approximate surface area is 169 Å². The Kier molecular flexibility index (Phi) is 6.02. The van der Waals surface area contributed by atoms with Crippen molar-refractivity contribution in [3.05, 3.63) is 95.0 Å². The molecule has 3 aromatic rings. The molecule has 0 spiro atoms. The van der Waals surface area contributed by atoms with Crippen molar-refractivity contribution in [3.8, 4) is 0 Å². The van der Waals surface area contributed by atoms with E-state index >= 15 is 0 Å². The van der Waals surface area contributed by atoms with E-state index in [9.17, 15) is 13.2 Å². The summed E-state index contributed by atoms with van der Waals surface area (Å²) in [6.07, 6.45) is 0. The molecule has 0 unspecified atom stereocenters. The van der Waals surface area contributed by atoms with Gasteiger partial charge in [0.1, 0.15) is 4.90 Å². The zero-order chi connectivity index (χ0) is 20.1. The molecule has 0 aliphatic rings. The maximum atomic E-state index is 12.7. The van der Waals surface area contributed by atoms with Gasteiger partial charge in [-0.25, -0.2) is 8.42 Å². The molecule has 0 saturated heterocycles. The molecule has 7 heteroatoms. The average Bonchev–Trinajstić information content (AvgIpc) is 2.69. The van der Waals surface area contributed by atoms with E-state index in [1.54, 1.807) is 30.3 Å². The molecule has 0 radical (unpaired) electrons. The fraction of sp³-hybridized carbons (Fsp3) is 0.0952. The van der Waals surface area contributed by atoms with Crippen LogP contribution in [0.15, 0.2) is 83.8 Å². The summed E-state index contributed by atoms with van der Waals surface area (Å²) in [6, 6.07) is 21.9. The monoisotopic (exact) mass is 414 g/mol. The van der Waals surface area contributed by atoms with E-state index in [1.165, 1.54) is 18.2 Å². The van der Waals surface area contributed by atoms with Gasteiger partial charge in [-0.3, -0.25) is 9.52 Å². The van der Waals surface area contributed by atoms with Gasteiger partial charge in [-0.05, 0) is 42.8 Å². The van der Waals surface area contributed by atoms with Gasteiger partial charge in [0.05, 0.1) is 11.1 Å². The van der Waals surface area contributed by atoms with Gasteiger partial charge >= 0.3 is 0 Å². The average molecular weight is 415 g/mol. The van der Waals surface area contributed by atoms with Crippen LogP contribution in [0, 0.1) is 0 Å². The summed E-state index contributed by atoms with van der Waals surface area (Å²) < 4.78 is 27.9. The lowest BCUT2D eigenvalue weighted by molar-refractivity contribution is 0.0939. The minimum Gasteiger partial charge on any atom is -0.346 e. The molecule has 0 aliphatic carbocycles. The van der Waals surface area contributed by atoms with Crippen molar-refractivity contribution in [3.63, 3.8) is 0 Å². The van der Waals surface area contributed by atoms with Gasteiger partial charge in [0, 0.05) is 11.3 Å². The molecule has 0 bridgehead atoms. The molecule has 2 N–H and O–H groups in total. The summed E-state index contributed by atoms with van der Waals surface area (Å²) in [4.78, 5) is 12.5. The van der Waals surface area contributed by atoms with Gasteiger partial charge in [-0.1, -0.05) is 60.1 Å². The number of amides is 1. The van der Waals surface area contributed by atoms with E-state index in [2.05, 4.69) is 10.0 Å². The van der Waals surface area contributed by atoms with Gasteiger partial charge in [-0.15, -0.1) is 0 Å². The van der Waals surface area contributed by atoms with Gasteiger partial charge in [0.2, 0.25) is 0 Å². The molecular weight excluding hydrogens is 396 g/mol. The van der Waals surface area contributed by atoms with Crippen molar-refractivity contribution in [2.75, 3.05) is 4.72 Å². The third kappa shape index (κ3) is 4.71. The highest BCUT2D eigenvalue weighted by Gasteiger charge is 2.21. The van der Waals surface area contributed by atoms with Gasteiger partial charge in [-0.2, -0.15) is 0 Å². The van der Waals surface area contributed by atoms with E-state index in [1.807, 2.05) is 37.3 Å². The lowest BCUT2D eigenvalue weighted by atomic mass is 10.1. The molecule has 144 valence electrons. The molecule has 28 heavy (non-hydrogen) atoms. The first kappa shape index (κ1) is 19.9. The lowest BCUT2D eigenvalue weighted by Crippen LogP contribution is -2.27. The van der Waals surface area contributed by atoms with Gasteiger partial charge in [0.15, 0.2) is 0 Å². The Morgan fingerprint density at radius 3 is 2.18 bits per heavy atom. The molecule has 3 aromatic carbocycles. The summed E-state index contributed by atoms with van der Waals surface area (Å²) >= 11 is 6.10. The van der Waals surface area contributed by atoms with Crippen molar-refractivity contribution in [2.45, 2.75) is 17.9 Å². The highest BCUT2D eigenvalue weighted by Crippen LogP contribution is 2.25. The first-order chi connectivity index (χ1) is 13.4. The largest absolute Gasteiger partial charge is 0.346 e. The number of hydrogen-bond acceptors (Lipinski definition) is 3. The van der Waals surface area contributed by atoms with Crippen LogP contribution < -0.4 is 10.0 Å². The SMILES string of the molecule is C[C@H](NC(=O)c1ccc(Cl)c(S(=O)(=O)Nc2ccccc2)c1)c1ccccc1. The van der Waals surface area contributed by atoms with Crippen LogP contribution >= 0.6 is 11.6 Å². The number of hydrogen-bond donors (Lipinski definition) is 2. The molecule has 5 nitrogen and oxygen atoms in total. The third-order valence-electron chi connectivity index (χ3n) is 4.16. The normalized spacial score (nSPS) is 12.2. The van der Waals surface area contributed by atoms with Crippen LogP contribution in [-0.4, -0.2) is 14.3 Å². The Hall–Kier alpha value is -2.83. The molecular formula is C21H19ClN2O3S. The zero-order valence-corrected chi connectivity index (χ0v) is 16.7. The summed E-state index contributed by atoms with van der Waals surface area (Å²) in [7, 11) is -3.94. The number of para-hydroxylation sites is 1. The topological polar surface area (TPSA) is 75.3 Å². The van der Waals surface area contributed by atoms with Crippen LogP contribution in [0.3, 0.4) is 0 Å². The van der Waals surface area contributed by atoms with E-state index < -0.39 is 10.0 Å². The van der Waals surface area contributed by atoms with Crippen LogP contribution in [-0.2, 0) is 10.0 Å². The smallest absolute Gasteiger partial charge is 0.263 e. The van der Waals surface area contributed by atoms with Crippen LogP contribution in [0.2, 0.25) is 5.02 Å². The maximum absolute atomic E-state index is 12.7. The highest BCUT2D eigenvalue weighted by molar-refractivity contribution is 7.92. The predicted molar refractivity (Wildman–Crippen MR) is 111 cm³/mol. The van der Waals surface area contributed by atoms with Crippen molar-refractivity contribution in [1.29, 1.82) is 0 Å². The Morgan fingerprint density at radius 2 is 1.54 bits per heavy atom. The van der Waals surface area contributed by atoms with E-state index in [0.717, 1.165) is 5.56 Å². The van der Waals surface area contributed by atoms with Crippen LogP contribution in [0.1, 0.15) is 28.9 Å². The summed E-state index contributed by atoms with van der Waals surface area (Å²) in [5.41, 5.74) is 1.56. The Morgan fingerprint density at radius 1 is 0.929 bits per heavy atom. The highest BCUT2D eigenvalue weighted by atomic mass is 35.5. The van der Waals surface area contributed by atoms with Crippen LogP contribution in [0.25, 0.3) is 0 Å². The zero-order valence-electron chi connectivity index (χ0n) is 15.1. The molecule has 0 heterocycles. The number of anilines is 1. The molecule has 0 fully saturated rings. The van der Waals surface area contributed by atoms with Gasteiger partial charge in [0.25, 0.3) is 15.9 Å². The molecule has 1 amide bonds. The number of rotatable bonds is 6. The maximum Gasteiger partial charge on any atom is 0.263 e. The molecule has 0 saturated carbocycles. The fourth-order valence-corrected chi connectivity index (χ4v) is 4.26. The number of halogens is 1. The minimum atomic E-state index is -3.94. The van der Waals surface area contributed by atoms with Crippen molar-refractivity contribution in [1.82, 2.24) is 5.32 Å². The summed E-state index contributed by atoms with van der Waals surface area (Å²) in [5.74, 6) is -0.385. The van der Waals surface area contributed by atoms with Gasteiger partial charge < -0.3 is 5.32 Å². The quantitative estimate of drug-likeness (QED) is 0.617. The first-order valence-corrected chi connectivity index (χ1v) is 10.5. The number of benzene rings is 3. The van der Waals surface area contributed by atoms with E-state index in [4.69, 9.17) is 11.6 Å². The summed E-state index contributed by atoms with van der Waals surface area (Å²) in [5, 5.41) is 2.90. The van der Waals surface area contributed by atoms with Crippen LogP contribution in [0.4, 0.5) is 5.69 Å². The van der Waals surface area contributed by atoms with Crippen LogP contribution in [0.5, 0.6) is 0 Å². The Bertz CT molecular complexity index is 1070. The molecule has 3 rings (SSSR count). The third-order valence-corrected chi connectivity index (χ3v) is 6.02. The van der Waals surface area contributed by atoms with E-state index in [-0.39, 0.29) is 27.4 Å². The second-order valence-corrected chi connectivity index (χ2v) is 8.28. The lowest BCUT2D eigenvalue weighted by Gasteiger charge is -2.15. The molecule has 0 aliphatic heterocycles. The number of carbonyl (C=O) groups is 1. The Balaban J connectivity index is 1.83. The molecule has 1 atom stereocenters. The predicted octanol–water partition coefficient (Wildman–Crippen LogP) is 4.63. The first-order valence-electron chi connectivity index (χ1n) is 8.60. The van der Waals surface area contributed by atoms with Crippen molar-refractivity contribution >= 4 is 33.2 Å². The number of carbonyl (C=O) groups excluding carboxylic acids is 1. The molecule has 0 aromatic heterocycles.